The molecule has 134 valence electrons. The monoisotopic (exact) mass is 357 g/mol. The van der Waals surface area contributed by atoms with Crippen molar-refractivity contribution in [1.82, 2.24) is 14.8 Å². The second-order valence-electron chi connectivity index (χ2n) is 5.96. The van der Waals surface area contributed by atoms with Crippen molar-refractivity contribution in [3.63, 3.8) is 0 Å². The summed E-state index contributed by atoms with van der Waals surface area (Å²) in [5.74, 6) is -1.52. The number of aryl methyl sites for hydroxylation is 2. The number of hydrogen-bond acceptors (Lipinski definition) is 4. The van der Waals surface area contributed by atoms with E-state index in [9.17, 15) is 13.6 Å². The van der Waals surface area contributed by atoms with Crippen molar-refractivity contribution in [3.05, 3.63) is 76.7 Å². The van der Waals surface area contributed by atoms with Crippen LogP contribution in [0.3, 0.4) is 0 Å². The number of nitrogens with zero attached hydrogens (tertiary/aromatic N) is 3. The summed E-state index contributed by atoms with van der Waals surface area (Å²) in [6.45, 7) is 5.31. The zero-order valence-electron chi connectivity index (χ0n) is 14.5. The van der Waals surface area contributed by atoms with Crippen LogP contribution in [0.15, 0.2) is 42.6 Å². The van der Waals surface area contributed by atoms with Crippen LogP contribution in [0.2, 0.25) is 0 Å². The van der Waals surface area contributed by atoms with Gasteiger partial charge in [0.25, 0.3) is 0 Å². The molecule has 0 N–H and O–H groups in total. The predicted molar refractivity (Wildman–Crippen MR) is 91.0 cm³/mol. The van der Waals surface area contributed by atoms with Gasteiger partial charge in [-0.05, 0) is 51.1 Å². The summed E-state index contributed by atoms with van der Waals surface area (Å²) in [6.07, 6.45) is 0.515. The van der Waals surface area contributed by atoms with Gasteiger partial charge in [-0.1, -0.05) is 0 Å². The molecule has 0 aliphatic rings. The molecule has 0 aliphatic carbocycles. The number of ether oxygens (including phenoxy) is 1. The van der Waals surface area contributed by atoms with E-state index < -0.39 is 23.7 Å². The Balaban J connectivity index is 1.75. The molecule has 26 heavy (non-hydrogen) atoms. The number of carbonyl (C=O) groups excluding carboxylic acids is 1. The van der Waals surface area contributed by atoms with Gasteiger partial charge in [-0.15, -0.1) is 0 Å². The number of carbonyl (C=O) groups is 1. The van der Waals surface area contributed by atoms with Crippen LogP contribution in [0.1, 0.15) is 40.3 Å². The average Bonchev–Trinajstić information content (AvgIpc) is 2.93. The Morgan fingerprint density at radius 2 is 1.92 bits per heavy atom. The minimum absolute atomic E-state index is 0.104. The van der Waals surface area contributed by atoms with Crippen molar-refractivity contribution in [2.45, 2.75) is 26.9 Å². The average molecular weight is 357 g/mol. The van der Waals surface area contributed by atoms with E-state index in [1.807, 2.05) is 19.9 Å². The molecule has 3 aromatic rings. The fourth-order valence-electron chi connectivity index (χ4n) is 2.62. The van der Waals surface area contributed by atoms with Crippen LogP contribution in [-0.4, -0.2) is 20.7 Å². The third-order valence-electron chi connectivity index (χ3n) is 3.89. The van der Waals surface area contributed by atoms with Gasteiger partial charge in [0.05, 0.1) is 11.3 Å². The first-order valence-corrected chi connectivity index (χ1v) is 8.01. The summed E-state index contributed by atoms with van der Waals surface area (Å²) in [5.41, 5.74) is 2.12. The highest BCUT2D eigenvalue weighted by Crippen LogP contribution is 2.22. The highest BCUT2D eigenvalue weighted by Gasteiger charge is 2.18. The van der Waals surface area contributed by atoms with Gasteiger partial charge in [0.15, 0.2) is 5.82 Å². The van der Waals surface area contributed by atoms with Crippen LogP contribution in [0.25, 0.3) is 5.82 Å². The molecule has 0 radical (unpaired) electrons. The minimum atomic E-state index is -0.862. The molecule has 1 aromatic carbocycles. The van der Waals surface area contributed by atoms with Crippen molar-refractivity contribution in [1.29, 1.82) is 0 Å². The lowest BCUT2D eigenvalue weighted by atomic mass is 10.1. The lowest BCUT2D eigenvalue weighted by Gasteiger charge is -2.14. The first-order chi connectivity index (χ1) is 12.3. The van der Waals surface area contributed by atoms with Crippen molar-refractivity contribution < 1.29 is 18.3 Å². The quantitative estimate of drug-likeness (QED) is 0.660. The first kappa shape index (κ1) is 17.7. The molecule has 2 heterocycles. The Labute approximate surface area is 149 Å². The zero-order valence-corrected chi connectivity index (χ0v) is 14.5. The van der Waals surface area contributed by atoms with E-state index in [1.165, 1.54) is 19.2 Å². The second kappa shape index (κ2) is 7.03. The maximum absolute atomic E-state index is 13.8. The molecule has 5 nitrogen and oxygen atoms in total. The predicted octanol–water partition coefficient (Wildman–Crippen LogP) is 4.08. The van der Waals surface area contributed by atoms with Crippen LogP contribution in [0.4, 0.5) is 8.78 Å². The van der Waals surface area contributed by atoms with Crippen molar-refractivity contribution in [2.24, 2.45) is 0 Å². The Morgan fingerprint density at radius 3 is 2.50 bits per heavy atom. The van der Waals surface area contributed by atoms with Gasteiger partial charge in [-0.3, -0.25) is 0 Å². The van der Waals surface area contributed by atoms with Gasteiger partial charge >= 0.3 is 5.97 Å². The fourth-order valence-corrected chi connectivity index (χ4v) is 2.62. The van der Waals surface area contributed by atoms with Gasteiger partial charge in [0.2, 0.25) is 0 Å². The molecule has 0 aliphatic heterocycles. The third-order valence-corrected chi connectivity index (χ3v) is 3.89. The van der Waals surface area contributed by atoms with Gasteiger partial charge in [0, 0.05) is 23.5 Å². The summed E-state index contributed by atoms with van der Waals surface area (Å²) in [6, 6.07) is 8.27. The normalized spacial score (nSPS) is 12.0. The molecule has 7 heteroatoms. The highest BCUT2D eigenvalue weighted by atomic mass is 19.1. The van der Waals surface area contributed by atoms with Gasteiger partial charge in [0.1, 0.15) is 17.7 Å². The molecule has 0 spiro atoms. The van der Waals surface area contributed by atoms with Crippen molar-refractivity contribution >= 4 is 5.97 Å². The largest absolute Gasteiger partial charge is 0.454 e. The van der Waals surface area contributed by atoms with Gasteiger partial charge in [-0.25, -0.2) is 23.2 Å². The molecule has 1 unspecified atom stereocenters. The number of hydrogen-bond donors (Lipinski definition) is 0. The number of rotatable bonds is 4. The molecule has 0 amide bonds. The SMILES string of the molecule is Cc1cc(C)n(-c2ccc(C(=O)OC(C)c3ccc(F)cc3F)cn2)n1. The van der Waals surface area contributed by atoms with E-state index in [1.54, 1.807) is 16.8 Å². The molecule has 2 aromatic heterocycles. The highest BCUT2D eigenvalue weighted by molar-refractivity contribution is 5.89. The third kappa shape index (κ3) is 3.61. The number of esters is 1. The van der Waals surface area contributed by atoms with Crippen LogP contribution >= 0.6 is 0 Å². The summed E-state index contributed by atoms with van der Waals surface area (Å²) < 4.78 is 33.7. The molecule has 0 fully saturated rings. The van der Waals surface area contributed by atoms with E-state index in [0.717, 1.165) is 23.5 Å². The Morgan fingerprint density at radius 1 is 1.15 bits per heavy atom. The Kier molecular flexibility index (Phi) is 4.79. The maximum atomic E-state index is 13.8. The summed E-state index contributed by atoms with van der Waals surface area (Å²) in [5, 5.41) is 4.33. The fraction of sp³-hybridized carbons (Fsp3) is 0.211. The number of benzene rings is 1. The topological polar surface area (TPSA) is 57.0 Å². The smallest absolute Gasteiger partial charge is 0.340 e. The molecular formula is C19H17F2N3O2. The number of pyridine rings is 1. The summed E-state index contributed by atoms with van der Waals surface area (Å²) in [7, 11) is 0. The van der Waals surface area contributed by atoms with Crippen LogP contribution < -0.4 is 0 Å². The number of aromatic nitrogens is 3. The molecule has 1 atom stereocenters. The van der Waals surface area contributed by atoms with Gasteiger partial charge in [-0.2, -0.15) is 5.10 Å². The molecule has 0 saturated heterocycles. The summed E-state index contributed by atoms with van der Waals surface area (Å²) >= 11 is 0. The van der Waals surface area contributed by atoms with Gasteiger partial charge < -0.3 is 4.74 Å². The zero-order chi connectivity index (χ0) is 18.8. The Bertz CT molecular complexity index is 952. The van der Waals surface area contributed by atoms with Crippen molar-refractivity contribution in [2.75, 3.05) is 0 Å². The Hall–Kier alpha value is -3.09. The van der Waals surface area contributed by atoms with Crippen LogP contribution in [0, 0.1) is 25.5 Å². The van der Waals surface area contributed by atoms with E-state index in [-0.39, 0.29) is 11.1 Å². The van der Waals surface area contributed by atoms with E-state index in [2.05, 4.69) is 10.1 Å². The van der Waals surface area contributed by atoms with E-state index in [0.29, 0.717) is 5.82 Å². The standard InChI is InChI=1S/C19H17F2N3O2/c1-11-8-12(2)24(23-11)18-7-4-14(10-22-18)19(25)26-13(3)16-6-5-15(20)9-17(16)21/h4-10,13H,1-3H3. The lowest BCUT2D eigenvalue weighted by molar-refractivity contribution is 0.0331. The maximum Gasteiger partial charge on any atom is 0.340 e. The van der Waals surface area contributed by atoms with Crippen LogP contribution in [-0.2, 0) is 4.74 Å². The van der Waals surface area contributed by atoms with Crippen LogP contribution in [0.5, 0.6) is 0 Å². The van der Waals surface area contributed by atoms with E-state index in [4.69, 9.17) is 4.74 Å². The molecule has 0 bridgehead atoms. The minimum Gasteiger partial charge on any atom is -0.454 e. The number of halogens is 2. The molecular weight excluding hydrogens is 340 g/mol. The summed E-state index contributed by atoms with van der Waals surface area (Å²) in [4.78, 5) is 16.5. The van der Waals surface area contributed by atoms with Crippen molar-refractivity contribution in [3.8, 4) is 5.82 Å². The first-order valence-electron chi connectivity index (χ1n) is 8.01. The molecule has 3 rings (SSSR count). The lowest BCUT2D eigenvalue weighted by Crippen LogP contribution is -2.11. The molecule has 0 saturated carbocycles. The second-order valence-corrected chi connectivity index (χ2v) is 5.96. The van der Waals surface area contributed by atoms with E-state index >= 15 is 0 Å².